The minimum atomic E-state index is 0.316. The Bertz CT molecular complexity index is 690. The number of H-pyrrole nitrogens is 1. The Morgan fingerprint density at radius 3 is 3.11 bits per heavy atom. The van der Waals surface area contributed by atoms with Gasteiger partial charge in [-0.15, -0.1) is 0 Å². The molecule has 2 aromatic heterocycles. The van der Waals surface area contributed by atoms with Crippen LogP contribution < -0.4 is 4.74 Å². The van der Waals surface area contributed by atoms with Crippen molar-refractivity contribution in [2.75, 3.05) is 0 Å². The average Bonchev–Trinajstić information content (AvgIpc) is 2.94. The molecule has 0 saturated heterocycles. The molecule has 0 atom stereocenters. The zero-order valence-corrected chi connectivity index (χ0v) is 10.4. The molecule has 0 amide bonds. The van der Waals surface area contributed by atoms with E-state index in [4.69, 9.17) is 20.8 Å². The van der Waals surface area contributed by atoms with E-state index in [0.29, 0.717) is 23.3 Å². The molecule has 0 aliphatic carbocycles. The molecule has 0 saturated carbocycles. The van der Waals surface area contributed by atoms with Crippen molar-refractivity contribution in [3.8, 4) is 5.75 Å². The molecule has 0 fully saturated rings. The van der Waals surface area contributed by atoms with Gasteiger partial charge in [0.2, 0.25) is 0 Å². The molecular weight excluding hydrogens is 254 g/mol. The number of benzene rings is 1. The van der Waals surface area contributed by atoms with Crippen molar-refractivity contribution in [1.29, 1.82) is 0 Å². The van der Waals surface area contributed by atoms with Crippen molar-refractivity contribution in [2.24, 2.45) is 0 Å². The zero-order valence-electron chi connectivity index (χ0n) is 9.61. The minimum absolute atomic E-state index is 0.316. The van der Waals surface area contributed by atoms with E-state index < -0.39 is 0 Å². The fourth-order valence-electron chi connectivity index (χ4n) is 1.68. The van der Waals surface area contributed by atoms with Gasteiger partial charge in [-0.1, -0.05) is 11.6 Å². The molecule has 6 heteroatoms. The van der Waals surface area contributed by atoms with Gasteiger partial charge in [0.15, 0.2) is 5.89 Å². The lowest BCUT2D eigenvalue weighted by Crippen LogP contribution is -1.96. The summed E-state index contributed by atoms with van der Waals surface area (Å²) in [6.45, 7) is 2.10. The maximum absolute atomic E-state index is 6.12. The predicted molar refractivity (Wildman–Crippen MR) is 66.7 cm³/mol. The summed E-state index contributed by atoms with van der Waals surface area (Å²) in [5.41, 5.74) is 1.61. The molecule has 0 spiro atoms. The number of rotatable bonds is 3. The molecule has 18 heavy (non-hydrogen) atoms. The Morgan fingerprint density at radius 2 is 2.33 bits per heavy atom. The van der Waals surface area contributed by atoms with Crippen LogP contribution in [0.3, 0.4) is 0 Å². The van der Waals surface area contributed by atoms with Gasteiger partial charge in [0.1, 0.15) is 24.3 Å². The van der Waals surface area contributed by atoms with Gasteiger partial charge < -0.3 is 9.15 Å². The largest absolute Gasteiger partial charge is 0.486 e. The highest BCUT2D eigenvalue weighted by molar-refractivity contribution is 6.32. The van der Waals surface area contributed by atoms with Crippen molar-refractivity contribution < 1.29 is 9.15 Å². The molecule has 0 unspecified atom stereocenters. The normalized spacial score (nSPS) is 11.0. The highest BCUT2D eigenvalue weighted by Gasteiger charge is 2.07. The number of oxazole rings is 1. The fourth-order valence-corrected chi connectivity index (χ4v) is 1.91. The van der Waals surface area contributed by atoms with Crippen LogP contribution in [0.15, 0.2) is 29.0 Å². The summed E-state index contributed by atoms with van der Waals surface area (Å²) in [5.74, 6) is 1.21. The van der Waals surface area contributed by atoms with Crippen molar-refractivity contribution in [3.05, 3.63) is 41.2 Å². The second-order valence-electron chi connectivity index (χ2n) is 3.89. The summed E-state index contributed by atoms with van der Waals surface area (Å²) in [6, 6.07) is 3.63. The van der Waals surface area contributed by atoms with Gasteiger partial charge in [-0.25, -0.2) is 4.98 Å². The lowest BCUT2D eigenvalue weighted by Gasteiger charge is -2.06. The fraction of sp³-hybridized carbons (Fsp3) is 0.167. The number of halogens is 1. The molecule has 0 bridgehead atoms. The monoisotopic (exact) mass is 263 g/mol. The van der Waals surface area contributed by atoms with Crippen LogP contribution in [0.1, 0.15) is 11.6 Å². The second-order valence-corrected chi connectivity index (χ2v) is 4.29. The van der Waals surface area contributed by atoms with Crippen molar-refractivity contribution in [2.45, 2.75) is 13.5 Å². The van der Waals surface area contributed by atoms with Crippen LogP contribution in [0.4, 0.5) is 0 Å². The first-order valence-electron chi connectivity index (χ1n) is 5.39. The van der Waals surface area contributed by atoms with Gasteiger partial charge >= 0.3 is 0 Å². The van der Waals surface area contributed by atoms with E-state index in [9.17, 15) is 0 Å². The first kappa shape index (κ1) is 11.1. The molecule has 1 aromatic carbocycles. The number of hydrogen-bond donors (Lipinski definition) is 1. The topological polar surface area (TPSA) is 63.9 Å². The molecule has 0 aliphatic heterocycles. The van der Waals surface area contributed by atoms with Gasteiger partial charge in [0, 0.05) is 18.4 Å². The van der Waals surface area contributed by atoms with E-state index in [2.05, 4.69) is 15.2 Å². The Morgan fingerprint density at radius 1 is 1.44 bits per heavy atom. The van der Waals surface area contributed by atoms with Crippen molar-refractivity contribution in [3.63, 3.8) is 0 Å². The predicted octanol–water partition coefficient (Wildman–Crippen LogP) is 3.09. The number of aromatic amines is 1. The minimum Gasteiger partial charge on any atom is -0.486 e. The van der Waals surface area contributed by atoms with Crippen LogP contribution in [0.25, 0.3) is 10.9 Å². The van der Waals surface area contributed by atoms with E-state index in [1.54, 1.807) is 19.4 Å². The Balaban J connectivity index is 1.83. The summed E-state index contributed by atoms with van der Waals surface area (Å²) in [4.78, 5) is 4.15. The molecule has 3 aromatic rings. The summed E-state index contributed by atoms with van der Waals surface area (Å²) in [7, 11) is 0. The number of nitrogens with one attached hydrogen (secondary N) is 1. The van der Waals surface area contributed by atoms with E-state index in [0.717, 1.165) is 16.6 Å². The van der Waals surface area contributed by atoms with Crippen LogP contribution in [-0.4, -0.2) is 15.2 Å². The molecule has 0 aliphatic rings. The smallest absolute Gasteiger partial charge is 0.191 e. The van der Waals surface area contributed by atoms with E-state index >= 15 is 0 Å². The molecule has 5 nitrogen and oxygen atoms in total. The van der Waals surface area contributed by atoms with Crippen molar-refractivity contribution in [1.82, 2.24) is 15.2 Å². The molecule has 3 rings (SSSR count). The first-order valence-corrected chi connectivity index (χ1v) is 5.76. The standard InChI is InChI=1S/C12H10ClN3O2/c1-7-15-9(5-17-7)6-18-12-3-11-8(2-10(12)13)4-14-16-11/h2-5H,6H2,1H3,(H,14,16). The van der Waals surface area contributed by atoms with Gasteiger partial charge in [-0.05, 0) is 6.07 Å². The quantitative estimate of drug-likeness (QED) is 0.789. The van der Waals surface area contributed by atoms with Gasteiger partial charge in [-0.3, -0.25) is 5.10 Å². The van der Waals surface area contributed by atoms with E-state index in [-0.39, 0.29) is 0 Å². The number of aryl methyl sites for hydroxylation is 1. The summed E-state index contributed by atoms with van der Waals surface area (Å²) < 4.78 is 10.7. The lowest BCUT2D eigenvalue weighted by molar-refractivity contribution is 0.301. The zero-order chi connectivity index (χ0) is 12.5. The number of nitrogens with zero attached hydrogens (tertiary/aromatic N) is 2. The average molecular weight is 264 g/mol. The van der Waals surface area contributed by atoms with Crippen LogP contribution in [0.5, 0.6) is 5.75 Å². The molecule has 0 radical (unpaired) electrons. The Kier molecular flexibility index (Phi) is 2.68. The SMILES string of the molecule is Cc1nc(COc2cc3[nH]ncc3cc2Cl)co1. The number of ether oxygens (including phenoxy) is 1. The van der Waals surface area contributed by atoms with Crippen molar-refractivity contribution >= 4 is 22.5 Å². The first-order chi connectivity index (χ1) is 8.72. The van der Waals surface area contributed by atoms with Crippen LogP contribution in [-0.2, 0) is 6.61 Å². The highest BCUT2D eigenvalue weighted by atomic mass is 35.5. The summed E-state index contributed by atoms with van der Waals surface area (Å²) in [5, 5.41) is 8.30. The van der Waals surface area contributed by atoms with Crippen LogP contribution in [0.2, 0.25) is 5.02 Å². The highest BCUT2D eigenvalue weighted by Crippen LogP contribution is 2.29. The molecular formula is C12H10ClN3O2. The lowest BCUT2D eigenvalue weighted by atomic mass is 10.2. The van der Waals surface area contributed by atoms with E-state index in [1.807, 2.05) is 12.1 Å². The van der Waals surface area contributed by atoms with Gasteiger partial charge in [-0.2, -0.15) is 5.10 Å². The Hall–Kier alpha value is -2.01. The Labute approximate surface area is 108 Å². The third-order valence-corrected chi connectivity index (χ3v) is 2.83. The summed E-state index contributed by atoms with van der Waals surface area (Å²) >= 11 is 6.12. The third kappa shape index (κ3) is 2.04. The molecule has 2 heterocycles. The maximum atomic E-state index is 6.12. The second kappa shape index (κ2) is 4.34. The molecule has 1 N–H and O–H groups in total. The maximum Gasteiger partial charge on any atom is 0.191 e. The van der Waals surface area contributed by atoms with Crippen LogP contribution in [0, 0.1) is 6.92 Å². The van der Waals surface area contributed by atoms with Crippen LogP contribution >= 0.6 is 11.6 Å². The van der Waals surface area contributed by atoms with E-state index in [1.165, 1.54) is 0 Å². The molecule has 92 valence electrons. The van der Waals surface area contributed by atoms with Gasteiger partial charge in [0.25, 0.3) is 0 Å². The third-order valence-electron chi connectivity index (χ3n) is 2.53. The number of aromatic nitrogens is 3. The van der Waals surface area contributed by atoms with Gasteiger partial charge in [0.05, 0.1) is 16.7 Å². The number of hydrogen-bond acceptors (Lipinski definition) is 4. The summed E-state index contributed by atoms with van der Waals surface area (Å²) in [6.07, 6.45) is 3.28. The number of fused-ring (bicyclic) bond motifs is 1.